The lowest BCUT2D eigenvalue weighted by Gasteiger charge is -2.12. The van der Waals surface area contributed by atoms with Crippen molar-refractivity contribution in [3.05, 3.63) is 35.1 Å². The first-order chi connectivity index (χ1) is 7.32. The van der Waals surface area contributed by atoms with Gasteiger partial charge in [-0.1, -0.05) is 12.1 Å². The maximum atomic E-state index is 13.4. The van der Waals surface area contributed by atoms with E-state index in [1.54, 1.807) is 19.1 Å². The predicted molar refractivity (Wildman–Crippen MR) is 66.6 cm³/mol. The van der Waals surface area contributed by atoms with Crippen LogP contribution in [0.3, 0.4) is 0 Å². The first kappa shape index (κ1) is 13.0. The van der Waals surface area contributed by atoms with Crippen LogP contribution in [0, 0.1) is 12.7 Å². The zero-order valence-electron chi connectivity index (χ0n) is 9.95. The average molecular weight is 241 g/mol. The van der Waals surface area contributed by atoms with Gasteiger partial charge in [-0.05, 0) is 39.3 Å². The van der Waals surface area contributed by atoms with Gasteiger partial charge in [-0.2, -0.15) is 4.40 Å². The Bertz CT molecular complexity index is 415. The maximum absolute atomic E-state index is 13.4. The second-order valence-electron chi connectivity index (χ2n) is 4.57. The molecule has 1 rings (SSSR count). The monoisotopic (exact) mass is 241 g/mol. The smallest absolute Gasteiger partial charge is 0.144 e. The molecule has 0 N–H and O–H groups in total. The first-order valence-electron chi connectivity index (χ1n) is 5.03. The molecule has 0 amide bonds. The van der Waals surface area contributed by atoms with Gasteiger partial charge in [0.1, 0.15) is 16.8 Å². The summed E-state index contributed by atoms with van der Waals surface area (Å²) in [5, 5.41) is 0. The number of rotatable bonds is 2. The lowest BCUT2D eigenvalue weighted by molar-refractivity contribution is 0.624. The molecule has 88 valence electrons. The minimum atomic E-state index is -1.35. The molecule has 16 heavy (non-hydrogen) atoms. The van der Waals surface area contributed by atoms with Gasteiger partial charge < -0.3 is 0 Å². The predicted octanol–water partition coefficient (Wildman–Crippen LogP) is 3.02. The first-order valence-corrected chi connectivity index (χ1v) is 6.14. The third-order valence-corrected chi connectivity index (χ3v) is 3.42. The highest BCUT2D eigenvalue weighted by atomic mass is 32.2. The van der Waals surface area contributed by atoms with Crippen LogP contribution in [0.1, 0.15) is 31.9 Å². The van der Waals surface area contributed by atoms with E-state index in [1.165, 1.54) is 12.3 Å². The summed E-state index contributed by atoms with van der Waals surface area (Å²) < 4.78 is 28.5. The molecule has 1 atom stereocenters. The molecule has 1 aromatic rings. The molecule has 0 bridgehead atoms. The second kappa shape index (κ2) is 4.87. The van der Waals surface area contributed by atoms with Gasteiger partial charge in [0.2, 0.25) is 0 Å². The van der Waals surface area contributed by atoms with Crippen LogP contribution in [-0.2, 0) is 11.0 Å². The Morgan fingerprint density at radius 2 is 2.00 bits per heavy atom. The molecular weight excluding hydrogens is 225 g/mol. The van der Waals surface area contributed by atoms with Crippen LogP contribution in [-0.4, -0.2) is 15.2 Å². The molecule has 0 spiro atoms. The summed E-state index contributed by atoms with van der Waals surface area (Å²) in [7, 11) is -1.35. The summed E-state index contributed by atoms with van der Waals surface area (Å²) in [5.41, 5.74) is 1.19. The van der Waals surface area contributed by atoms with Crippen molar-refractivity contribution in [3.8, 4) is 0 Å². The summed E-state index contributed by atoms with van der Waals surface area (Å²) in [4.78, 5) is 0. The van der Waals surface area contributed by atoms with Crippen LogP contribution in [0.25, 0.3) is 0 Å². The maximum Gasteiger partial charge on any atom is 0.144 e. The molecular formula is C12H16FNOS. The van der Waals surface area contributed by atoms with E-state index in [0.29, 0.717) is 5.56 Å². The second-order valence-corrected chi connectivity index (χ2v) is 6.50. The van der Waals surface area contributed by atoms with Gasteiger partial charge in [0.05, 0.1) is 4.75 Å². The Balaban J connectivity index is 2.98. The SMILES string of the molecule is Cc1cccc(F)c1C=N[S@@](=O)C(C)(C)C. The van der Waals surface area contributed by atoms with E-state index >= 15 is 0 Å². The normalized spacial score (nSPS) is 14.3. The Morgan fingerprint density at radius 1 is 1.38 bits per heavy atom. The van der Waals surface area contributed by atoms with Crippen LogP contribution in [0.4, 0.5) is 4.39 Å². The Labute approximate surface area is 98.2 Å². The van der Waals surface area contributed by atoms with Gasteiger partial charge in [-0.3, -0.25) is 0 Å². The van der Waals surface area contributed by atoms with Crippen LogP contribution in [0.2, 0.25) is 0 Å². The lowest BCUT2D eigenvalue weighted by Crippen LogP contribution is -2.19. The van der Waals surface area contributed by atoms with Crippen molar-refractivity contribution in [1.82, 2.24) is 0 Å². The molecule has 0 radical (unpaired) electrons. The molecule has 0 saturated heterocycles. The molecule has 0 saturated carbocycles. The summed E-state index contributed by atoms with van der Waals surface area (Å²) >= 11 is 0. The van der Waals surface area contributed by atoms with Crippen molar-refractivity contribution in [3.63, 3.8) is 0 Å². The van der Waals surface area contributed by atoms with E-state index in [2.05, 4.69) is 4.40 Å². The van der Waals surface area contributed by atoms with E-state index in [-0.39, 0.29) is 5.82 Å². The van der Waals surface area contributed by atoms with Crippen LogP contribution in [0.15, 0.2) is 22.6 Å². The van der Waals surface area contributed by atoms with Gasteiger partial charge in [-0.25, -0.2) is 8.60 Å². The Morgan fingerprint density at radius 3 is 2.50 bits per heavy atom. The van der Waals surface area contributed by atoms with Gasteiger partial charge in [0, 0.05) is 11.8 Å². The van der Waals surface area contributed by atoms with Crippen LogP contribution >= 0.6 is 0 Å². The standard InChI is InChI=1S/C12H16FNOS/c1-9-6-5-7-11(13)10(9)8-14-16(15)12(2,3)4/h5-8H,1-4H3/t16-/m0/s1. The van der Waals surface area contributed by atoms with Crippen molar-refractivity contribution in [2.75, 3.05) is 0 Å². The number of aryl methyl sites for hydroxylation is 1. The number of hydrogen-bond donors (Lipinski definition) is 0. The average Bonchev–Trinajstić information content (AvgIpc) is 2.15. The van der Waals surface area contributed by atoms with E-state index in [4.69, 9.17) is 0 Å². The highest BCUT2D eigenvalue weighted by molar-refractivity contribution is 7.85. The van der Waals surface area contributed by atoms with Gasteiger partial charge >= 0.3 is 0 Å². The minimum Gasteiger partial charge on any atom is -0.234 e. The third-order valence-electron chi connectivity index (χ3n) is 2.07. The number of hydrogen-bond acceptors (Lipinski definition) is 1. The van der Waals surface area contributed by atoms with Crippen LogP contribution < -0.4 is 0 Å². The fourth-order valence-corrected chi connectivity index (χ4v) is 1.58. The fourth-order valence-electron chi connectivity index (χ4n) is 1.07. The number of halogens is 1. The molecule has 2 nitrogen and oxygen atoms in total. The van der Waals surface area contributed by atoms with Crippen molar-refractivity contribution < 1.29 is 8.60 Å². The lowest BCUT2D eigenvalue weighted by atomic mass is 10.1. The summed E-state index contributed by atoms with van der Waals surface area (Å²) in [6.45, 7) is 7.28. The molecule has 0 aliphatic rings. The molecule has 0 aliphatic carbocycles. The quantitative estimate of drug-likeness (QED) is 0.732. The molecule has 0 aliphatic heterocycles. The van der Waals surface area contributed by atoms with E-state index in [9.17, 15) is 8.60 Å². The number of nitrogens with zero attached hydrogens (tertiary/aromatic N) is 1. The highest BCUT2D eigenvalue weighted by Crippen LogP contribution is 2.14. The number of benzene rings is 1. The van der Waals surface area contributed by atoms with Gasteiger partial charge in [0.15, 0.2) is 0 Å². The molecule has 1 aromatic carbocycles. The zero-order valence-corrected chi connectivity index (χ0v) is 10.8. The van der Waals surface area contributed by atoms with Crippen molar-refractivity contribution in [2.24, 2.45) is 4.40 Å². The van der Waals surface area contributed by atoms with Crippen molar-refractivity contribution in [1.29, 1.82) is 0 Å². The third kappa shape index (κ3) is 3.23. The minimum absolute atomic E-state index is 0.338. The van der Waals surface area contributed by atoms with Crippen molar-refractivity contribution >= 4 is 17.2 Å². The summed E-state index contributed by atoms with van der Waals surface area (Å²) in [6, 6.07) is 4.81. The highest BCUT2D eigenvalue weighted by Gasteiger charge is 2.18. The Kier molecular flexibility index (Phi) is 3.97. The molecule has 0 unspecified atom stereocenters. The van der Waals surface area contributed by atoms with E-state index in [1.807, 2.05) is 20.8 Å². The topological polar surface area (TPSA) is 29.4 Å². The van der Waals surface area contributed by atoms with Crippen LogP contribution in [0.5, 0.6) is 0 Å². The van der Waals surface area contributed by atoms with E-state index in [0.717, 1.165) is 5.56 Å². The molecule has 0 aromatic heterocycles. The van der Waals surface area contributed by atoms with Gasteiger partial charge in [0.25, 0.3) is 0 Å². The van der Waals surface area contributed by atoms with Gasteiger partial charge in [-0.15, -0.1) is 0 Å². The van der Waals surface area contributed by atoms with Crippen molar-refractivity contribution in [2.45, 2.75) is 32.4 Å². The van der Waals surface area contributed by atoms with E-state index < -0.39 is 15.7 Å². The molecule has 4 heteroatoms. The molecule has 0 fully saturated rings. The fraction of sp³-hybridized carbons (Fsp3) is 0.417. The summed E-state index contributed by atoms with van der Waals surface area (Å²) in [5.74, 6) is -0.338. The summed E-state index contributed by atoms with van der Waals surface area (Å²) in [6.07, 6.45) is 1.35. The zero-order chi connectivity index (χ0) is 12.3. The Hall–Kier alpha value is -1.03. The molecule has 0 heterocycles. The largest absolute Gasteiger partial charge is 0.234 e.